The highest BCUT2D eigenvalue weighted by molar-refractivity contribution is 6.31. The van der Waals surface area contributed by atoms with Gasteiger partial charge in [-0.05, 0) is 85.3 Å². The summed E-state index contributed by atoms with van der Waals surface area (Å²) in [6.07, 6.45) is 0. The van der Waals surface area contributed by atoms with Crippen molar-refractivity contribution in [3.05, 3.63) is 132 Å². The Balaban J connectivity index is 1.84. The van der Waals surface area contributed by atoms with Gasteiger partial charge in [-0.1, -0.05) is 109 Å². The van der Waals surface area contributed by atoms with Crippen LogP contribution in [-0.4, -0.2) is 0 Å². The molecule has 0 unspecified atom stereocenters. The summed E-state index contributed by atoms with van der Waals surface area (Å²) in [6, 6.07) is 45.1. The van der Waals surface area contributed by atoms with Gasteiger partial charge in [0.15, 0.2) is 0 Å². The molecular formula is C32H21Cl. The van der Waals surface area contributed by atoms with Crippen LogP contribution < -0.4 is 0 Å². The van der Waals surface area contributed by atoms with Crippen molar-refractivity contribution in [3.63, 3.8) is 0 Å². The second kappa shape index (κ2) is 8.24. The minimum Gasteiger partial charge on any atom is -0.0843 e. The van der Waals surface area contributed by atoms with Gasteiger partial charge in [-0.15, -0.1) is 0 Å². The maximum atomic E-state index is 6.50. The summed E-state index contributed by atoms with van der Waals surface area (Å²) < 4.78 is 0. The van der Waals surface area contributed by atoms with Crippen LogP contribution in [0.25, 0.3) is 54.9 Å². The van der Waals surface area contributed by atoms with Crippen molar-refractivity contribution in [1.82, 2.24) is 0 Å². The van der Waals surface area contributed by atoms with Crippen LogP contribution in [0, 0.1) is 0 Å². The van der Waals surface area contributed by atoms with Crippen molar-refractivity contribution in [3.8, 4) is 33.4 Å². The largest absolute Gasteiger partial charge is 0.0843 e. The zero-order valence-corrected chi connectivity index (χ0v) is 18.8. The molecule has 0 nitrogen and oxygen atoms in total. The molecular weight excluding hydrogens is 420 g/mol. The highest BCUT2D eigenvalue weighted by Crippen LogP contribution is 2.45. The molecule has 33 heavy (non-hydrogen) atoms. The summed E-state index contributed by atoms with van der Waals surface area (Å²) in [5.41, 5.74) is 7.19. The Morgan fingerprint density at radius 3 is 1.70 bits per heavy atom. The van der Waals surface area contributed by atoms with Crippen LogP contribution in [-0.2, 0) is 0 Å². The molecule has 0 N–H and O–H groups in total. The molecule has 0 saturated carbocycles. The molecule has 0 fully saturated rings. The molecule has 0 atom stereocenters. The first-order valence-electron chi connectivity index (χ1n) is 11.1. The van der Waals surface area contributed by atoms with Gasteiger partial charge >= 0.3 is 0 Å². The Morgan fingerprint density at radius 1 is 0.394 bits per heavy atom. The van der Waals surface area contributed by atoms with Gasteiger partial charge in [0.25, 0.3) is 0 Å². The summed E-state index contributed by atoms with van der Waals surface area (Å²) in [7, 11) is 0. The third-order valence-electron chi connectivity index (χ3n) is 6.27. The van der Waals surface area contributed by atoms with E-state index in [4.69, 9.17) is 11.6 Å². The molecule has 6 aromatic rings. The lowest BCUT2D eigenvalue weighted by atomic mass is 9.83. The number of hydrogen-bond donors (Lipinski definition) is 0. The average Bonchev–Trinajstić information content (AvgIpc) is 2.87. The van der Waals surface area contributed by atoms with Crippen molar-refractivity contribution in [2.45, 2.75) is 0 Å². The quantitative estimate of drug-likeness (QED) is 0.240. The molecule has 0 aliphatic heterocycles. The average molecular weight is 441 g/mol. The van der Waals surface area contributed by atoms with Gasteiger partial charge in [-0.3, -0.25) is 0 Å². The molecule has 0 aliphatic rings. The SMILES string of the molecule is Clc1cccc(-c2c(-c3ccccc3)c(-c3ccccc3)cc3cc4ccccc4cc23)c1. The van der Waals surface area contributed by atoms with E-state index in [1.54, 1.807) is 0 Å². The number of fused-ring (bicyclic) bond motifs is 2. The minimum atomic E-state index is 0.741. The normalized spacial score (nSPS) is 11.2. The first kappa shape index (κ1) is 19.8. The number of halogens is 1. The van der Waals surface area contributed by atoms with Crippen molar-refractivity contribution >= 4 is 33.1 Å². The molecule has 0 radical (unpaired) electrons. The minimum absolute atomic E-state index is 0.741. The van der Waals surface area contributed by atoms with Gasteiger partial charge in [0.05, 0.1) is 0 Å². The Bertz CT molecular complexity index is 1600. The monoisotopic (exact) mass is 440 g/mol. The Labute approximate surface area is 198 Å². The smallest absolute Gasteiger partial charge is 0.0412 e. The number of hydrogen-bond acceptors (Lipinski definition) is 0. The van der Waals surface area contributed by atoms with E-state index in [0.29, 0.717) is 0 Å². The van der Waals surface area contributed by atoms with Crippen molar-refractivity contribution in [1.29, 1.82) is 0 Å². The zero-order chi connectivity index (χ0) is 22.2. The van der Waals surface area contributed by atoms with E-state index < -0.39 is 0 Å². The molecule has 1 heteroatoms. The molecule has 0 heterocycles. The first-order chi connectivity index (χ1) is 16.3. The molecule has 6 aromatic carbocycles. The third-order valence-corrected chi connectivity index (χ3v) is 6.50. The fraction of sp³-hybridized carbons (Fsp3) is 0. The number of rotatable bonds is 3. The fourth-order valence-electron chi connectivity index (χ4n) is 4.78. The maximum Gasteiger partial charge on any atom is 0.0412 e. The van der Waals surface area contributed by atoms with Crippen LogP contribution in [0.2, 0.25) is 5.02 Å². The summed E-state index contributed by atoms with van der Waals surface area (Å²) in [5, 5.41) is 5.68. The zero-order valence-electron chi connectivity index (χ0n) is 18.0. The van der Waals surface area contributed by atoms with E-state index in [1.165, 1.54) is 49.4 Å². The third kappa shape index (κ3) is 3.59. The van der Waals surface area contributed by atoms with E-state index in [-0.39, 0.29) is 0 Å². The van der Waals surface area contributed by atoms with Crippen LogP contribution in [0.3, 0.4) is 0 Å². The van der Waals surface area contributed by atoms with Crippen molar-refractivity contribution in [2.75, 3.05) is 0 Å². The van der Waals surface area contributed by atoms with Gasteiger partial charge in [0, 0.05) is 5.02 Å². The molecule has 0 bridgehead atoms. The van der Waals surface area contributed by atoms with Crippen molar-refractivity contribution in [2.24, 2.45) is 0 Å². The van der Waals surface area contributed by atoms with Gasteiger partial charge in [-0.25, -0.2) is 0 Å². The summed E-state index contributed by atoms with van der Waals surface area (Å²) in [6.45, 7) is 0. The van der Waals surface area contributed by atoms with E-state index in [0.717, 1.165) is 10.6 Å². The summed E-state index contributed by atoms with van der Waals surface area (Å²) in [5.74, 6) is 0. The van der Waals surface area contributed by atoms with Crippen LogP contribution >= 0.6 is 11.6 Å². The van der Waals surface area contributed by atoms with E-state index in [2.05, 4.69) is 115 Å². The molecule has 0 spiro atoms. The van der Waals surface area contributed by atoms with E-state index in [1.807, 2.05) is 12.1 Å². The van der Waals surface area contributed by atoms with Crippen LogP contribution in [0.1, 0.15) is 0 Å². The van der Waals surface area contributed by atoms with Gasteiger partial charge in [0.1, 0.15) is 0 Å². The first-order valence-corrected chi connectivity index (χ1v) is 11.5. The summed E-state index contributed by atoms with van der Waals surface area (Å²) >= 11 is 6.50. The number of benzene rings is 6. The van der Waals surface area contributed by atoms with Crippen LogP contribution in [0.15, 0.2) is 127 Å². The topological polar surface area (TPSA) is 0 Å². The lowest BCUT2D eigenvalue weighted by Gasteiger charge is -2.20. The second-order valence-electron chi connectivity index (χ2n) is 8.34. The standard InChI is InChI=1S/C32H21Cl/c33-28-17-9-16-26(19-28)32-30-20-25-15-8-7-14-24(25)18-27(30)21-29(22-10-3-1-4-11-22)31(32)23-12-5-2-6-13-23/h1-21H. The predicted octanol–water partition coefficient (Wildman–Crippen LogP) is 9.65. The molecule has 0 aliphatic carbocycles. The summed E-state index contributed by atoms with van der Waals surface area (Å²) in [4.78, 5) is 0. The lowest BCUT2D eigenvalue weighted by Crippen LogP contribution is -1.93. The molecule has 156 valence electrons. The van der Waals surface area contributed by atoms with Gasteiger partial charge in [0.2, 0.25) is 0 Å². The Hall–Kier alpha value is -3.87. The Morgan fingerprint density at radius 2 is 1.00 bits per heavy atom. The van der Waals surface area contributed by atoms with Gasteiger partial charge < -0.3 is 0 Å². The lowest BCUT2D eigenvalue weighted by molar-refractivity contribution is 1.58. The van der Waals surface area contributed by atoms with E-state index >= 15 is 0 Å². The fourth-order valence-corrected chi connectivity index (χ4v) is 4.97. The highest BCUT2D eigenvalue weighted by Gasteiger charge is 2.18. The second-order valence-corrected chi connectivity index (χ2v) is 8.77. The predicted molar refractivity (Wildman–Crippen MR) is 143 cm³/mol. The molecule has 0 amide bonds. The van der Waals surface area contributed by atoms with E-state index in [9.17, 15) is 0 Å². The molecule has 0 saturated heterocycles. The maximum absolute atomic E-state index is 6.50. The Kier molecular flexibility index (Phi) is 4.94. The molecule has 0 aromatic heterocycles. The molecule has 6 rings (SSSR count). The van der Waals surface area contributed by atoms with Crippen molar-refractivity contribution < 1.29 is 0 Å². The van der Waals surface area contributed by atoms with Crippen LogP contribution in [0.5, 0.6) is 0 Å². The van der Waals surface area contributed by atoms with Crippen LogP contribution in [0.4, 0.5) is 0 Å². The van der Waals surface area contributed by atoms with Gasteiger partial charge in [-0.2, -0.15) is 0 Å². The highest BCUT2D eigenvalue weighted by atomic mass is 35.5.